The van der Waals surface area contributed by atoms with E-state index in [1.165, 1.54) is 26.2 Å². The van der Waals surface area contributed by atoms with Crippen molar-refractivity contribution < 1.29 is 27.5 Å². The van der Waals surface area contributed by atoms with Gasteiger partial charge in [0.15, 0.2) is 0 Å². The molecule has 5 nitrogen and oxygen atoms in total. The number of carbonyl (C=O) groups is 2. The number of benzene rings is 1. The summed E-state index contributed by atoms with van der Waals surface area (Å²) in [5.41, 5.74) is 0.710. The second-order valence-corrected chi connectivity index (χ2v) is 9.23. The number of piperidine rings is 1. The van der Waals surface area contributed by atoms with Gasteiger partial charge in [-0.25, -0.2) is 0 Å². The number of rotatable bonds is 6. The van der Waals surface area contributed by atoms with Crippen LogP contribution in [0.5, 0.6) is 0 Å². The van der Waals surface area contributed by atoms with E-state index in [4.69, 9.17) is 4.74 Å². The van der Waals surface area contributed by atoms with Crippen LogP contribution in [-0.4, -0.2) is 66.2 Å². The average Bonchev–Trinajstić information content (AvgIpc) is 3.59. The summed E-state index contributed by atoms with van der Waals surface area (Å²) < 4.78 is 41.6. The standard InChI is InChI=1S/C14H24N2O3.C10H11F3/c1-14(2,13(18)19-3)15-8-6-12(7-9-15)16(10-17)11-4-5-11;1-7-3-5-9(6-4-7)8(2)10(11,12)13/h10-12H,4-9H2,1-3H3;3-6,8H,1-2H3. The minimum atomic E-state index is -4.14. The van der Waals surface area contributed by atoms with Crippen molar-refractivity contribution in [1.82, 2.24) is 9.80 Å². The van der Waals surface area contributed by atoms with Gasteiger partial charge in [-0.3, -0.25) is 14.5 Å². The third-order valence-corrected chi connectivity index (χ3v) is 6.52. The van der Waals surface area contributed by atoms with Crippen molar-refractivity contribution in [3.05, 3.63) is 35.4 Å². The highest BCUT2D eigenvalue weighted by atomic mass is 19.4. The van der Waals surface area contributed by atoms with E-state index in [0.29, 0.717) is 17.6 Å². The van der Waals surface area contributed by atoms with Gasteiger partial charge in [0.25, 0.3) is 0 Å². The molecule has 1 aromatic rings. The van der Waals surface area contributed by atoms with Crippen molar-refractivity contribution in [3.63, 3.8) is 0 Å². The fourth-order valence-corrected chi connectivity index (χ4v) is 3.99. The lowest BCUT2D eigenvalue weighted by atomic mass is 9.95. The predicted molar refractivity (Wildman–Crippen MR) is 117 cm³/mol. The minimum absolute atomic E-state index is 0.194. The zero-order valence-electron chi connectivity index (χ0n) is 19.6. The third kappa shape index (κ3) is 6.70. The molecule has 0 aromatic heterocycles. The number of nitrogens with zero attached hydrogens (tertiary/aromatic N) is 2. The van der Waals surface area contributed by atoms with Crippen LogP contribution in [0.25, 0.3) is 0 Å². The maximum absolute atomic E-state index is 12.2. The first-order valence-electron chi connectivity index (χ1n) is 11.1. The molecule has 1 atom stereocenters. The Labute approximate surface area is 188 Å². The van der Waals surface area contributed by atoms with Crippen molar-refractivity contribution in [1.29, 1.82) is 0 Å². The molecule has 1 unspecified atom stereocenters. The van der Waals surface area contributed by atoms with E-state index in [9.17, 15) is 22.8 Å². The van der Waals surface area contributed by atoms with Crippen LogP contribution in [0.15, 0.2) is 24.3 Å². The Kier molecular flexibility index (Phi) is 8.74. The topological polar surface area (TPSA) is 49.9 Å². The van der Waals surface area contributed by atoms with E-state index >= 15 is 0 Å². The van der Waals surface area contributed by atoms with E-state index in [1.807, 2.05) is 25.7 Å². The normalized spacial score (nSPS) is 18.9. The van der Waals surface area contributed by atoms with E-state index < -0.39 is 17.6 Å². The second kappa shape index (κ2) is 10.7. The molecule has 32 heavy (non-hydrogen) atoms. The molecular weight excluding hydrogens is 421 g/mol. The van der Waals surface area contributed by atoms with E-state index in [2.05, 4.69) is 4.90 Å². The number of methoxy groups -OCH3 is 1. The van der Waals surface area contributed by atoms with Gasteiger partial charge < -0.3 is 9.64 Å². The van der Waals surface area contributed by atoms with Crippen LogP contribution in [0.2, 0.25) is 0 Å². The van der Waals surface area contributed by atoms with Gasteiger partial charge in [0.2, 0.25) is 6.41 Å². The molecule has 1 aliphatic carbocycles. The lowest BCUT2D eigenvalue weighted by Crippen LogP contribution is -2.56. The summed E-state index contributed by atoms with van der Waals surface area (Å²) in [6.07, 6.45) is 1.03. The number of aryl methyl sites for hydroxylation is 1. The molecule has 1 saturated carbocycles. The fraction of sp³-hybridized carbons (Fsp3) is 0.667. The number of carbonyl (C=O) groups excluding carboxylic acids is 2. The number of ether oxygens (including phenoxy) is 1. The molecule has 1 amide bonds. The number of esters is 1. The van der Waals surface area contributed by atoms with Crippen LogP contribution in [0.4, 0.5) is 13.2 Å². The van der Waals surface area contributed by atoms with Gasteiger partial charge in [-0.1, -0.05) is 29.8 Å². The van der Waals surface area contributed by atoms with Crippen LogP contribution in [-0.2, 0) is 14.3 Å². The molecule has 0 spiro atoms. The molecule has 0 radical (unpaired) electrons. The lowest BCUT2D eigenvalue weighted by molar-refractivity contribution is -0.154. The Morgan fingerprint density at radius 1 is 1.09 bits per heavy atom. The molecule has 180 valence electrons. The molecular formula is C24H35F3N2O3. The molecule has 1 aliphatic heterocycles. The number of alkyl halides is 3. The predicted octanol–water partition coefficient (Wildman–Crippen LogP) is 4.68. The van der Waals surface area contributed by atoms with Gasteiger partial charge in [-0.15, -0.1) is 0 Å². The smallest absolute Gasteiger partial charge is 0.395 e. The van der Waals surface area contributed by atoms with Crippen molar-refractivity contribution in [2.24, 2.45) is 0 Å². The number of hydrogen-bond acceptors (Lipinski definition) is 4. The van der Waals surface area contributed by atoms with Crippen LogP contribution in [0.1, 0.15) is 63.5 Å². The first-order chi connectivity index (χ1) is 14.9. The first-order valence-corrected chi connectivity index (χ1v) is 11.1. The van der Waals surface area contributed by atoms with Crippen LogP contribution in [0.3, 0.4) is 0 Å². The summed E-state index contributed by atoms with van der Waals surface area (Å²) in [4.78, 5) is 27.1. The summed E-state index contributed by atoms with van der Waals surface area (Å²) in [5.74, 6) is -1.58. The molecule has 2 fully saturated rings. The van der Waals surface area contributed by atoms with Crippen molar-refractivity contribution in [2.45, 2.75) is 83.1 Å². The van der Waals surface area contributed by atoms with Crippen molar-refractivity contribution in [3.8, 4) is 0 Å². The van der Waals surface area contributed by atoms with E-state index in [-0.39, 0.29) is 5.97 Å². The van der Waals surface area contributed by atoms with Gasteiger partial charge in [0.05, 0.1) is 13.0 Å². The Morgan fingerprint density at radius 2 is 1.59 bits per heavy atom. The summed E-state index contributed by atoms with van der Waals surface area (Å²) in [6.45, 7) is 8.50. The maximum atomic E-state index is 12.2. The molecule has 0 N–H and O–H groups in total. The molecule has 1 aromatic carbocycles. The highest BCUT2D eigenvalue weighted by molar-refractivity contribution is 5.79. The van der Waals surface area contributed by atoms with Crippen molar-refractivity contribution >= 4 is 12.4 Å². The van der Waals surface area contributed by atoms with Crippen molar-refractivity contribution in [2.75, 3.05) is 20.2 Å². The molecule has 1 heterocycles. The number of amides is 1. The molecule has 3 rings (SSSR count). The number of halogens is 3. The number of hydrogen-bond donors (Lipinski definition) is 0. The van der Waals surface area contributed by atoms with Crippen LogP contribution < -0.4 is 0 Å². The summed E-state index contributed by atoms with van der Waals surface area (Å²) in [5, 5.41) is 0. The van der Waals surface area contributed by atoms with Gasteiger partial charge >= 0.3 is 12.1 Å². The Morgan fingerprint density at radius 3 is 2.00 bits per heavy atom. The van der Waals surface area contributed by atoms with Gasteiger partial charge in [-0.2, -0.15) is 13.2 Å². The second-order valence-electron chi connectivity index (χ2n) is 9.23. The SMILES string of the molecule is COC(=O)C(C)(C)N1CCC(N(C=O)C2CC2)CC1.Cc1ccc(C(C)C(F)(F)F)cc1. The zero-order valence-corrected chi connectivity index (χ0v) is 19.6. The Hall–Kier alpha value is -2.09. The highest BCUT2D eigenvalue weighted by Gasteiger charge is 2.40. The Balaban J connectivity index is 0.000000244. The molecule has 1 saturated heterocycles. The van der Waals surface area contributed by atoms with Gasteiger partial charge in [0.1, 0.15) is 5.54 Å². The first kappa shape index (κ1) is 26.2. The van der Waals surface area contributed by atoms with E-state index in [1.54, 1.807) is 12.1 Å². The van der Waals surface area contributed by atoms with Gasteiger partial charge in [-0.05, 0) is 58.9 Å². The van der Waals surface area contributed by atoms with Gasteiger partial charge in [0, 0.05) is 25.2 Å². The quantitative estimate of drug-likeness (QED) is 0.461. The zero-order chi connectivity index (χ0) is 24.1. The van der Waals surface area contributed by atoms with E-state index in [0.717, 1.165) is 50.7 Å². The monoisotopic (exact) mass is 456 g/mol. The van der Waals surface area contributed by atoms with Crippen LogP contribution in [0, 0.1) is 6.92 Å². The lowest BCUT2D eigenvalue weighted by Gasteiger charge is -2.43. The average molecular weight is 457 g/mol. The largest absolute Gasteiger partial charge is 0.468 e. The highest BCUT2D eigenvalue weighted by Crippen LogP contribution is 2.34. The maximum Gasteiger partial charge on any atom is 0.395 e. The molecule has 8 heteroatoms. The summed E-state index contributed by atoms with van der Waals surface area (Å²) in [6, 6.07) is 7.24. The summed E-state index contributed by atoms with van der Waals surface area (Å²) >= 11 is 0. The summed E-state index contributed by atoms with van der Waals surface area (Å²) in [7, 11) is 1.43. The Bertz CT molecular complexity index is 753. The number of likely N-dealkylation sites (tertiary alicyclic amines) is 1. The third-order valence-electron chi connectivity index (χ3n) is 6.52. The van der Waals surface area contributed by atoms with Crippen LogP contribution >= 0.6 is 0 Å². The molecule has 0 bridgehead atoms. The molecule has 2 aliphatic rings. The minimum Gasteiger partial charge on any atom is -0.468 e. The fourth-order valence-electron chi connectivity index (χ4n) is 3.99.